The van der Waals surface area contributed by atoms with E-state index in [0.717, 1.165) is 48.8 Å². The van der Waals surface area contributed by atoms with Gasteiger partial charge in [0.25, 0.3) is 11.8 Å². The molecule has 0 atom stereocenters. The molecule has 2 amide bonds. The minimum absolute atomic E-state index is 0.0507. The summed E-state index contributed by atoms with van der Waals surface area (Å²) in [6.07, 6.45) is 5.76. The first-order chi connectivity index (χ1) is 12.7. The highest BCUT2D eigenvalue weighted by molar-refractivity contribution is 7.90. The average Bonchev–Trinajstić information content (AvgIpc) is 2.75. The molecular weight excluding hydrogens is 408 g/mol. The van der Waals surface area contributed by atoms with Crippen LogP contribution in [0.4, 0.5) is 5.00 Å². The van der Waals surface area contributed by atoms with Crippen LogP contribution in [0.5, 0.6) is 0 Å². The van der Waals surface area contributed by atoms with Crippen molar-refractivity contribution in [2.24, 2.45) is 5.73 Å². The molecule has 0 bridgehead atoms. The second-order valence-electron chi connectivity index (χ2n) is 6.50. The Labute approximate surface area is 166 Å². The number of rotatable bonds is 4. The summed E-state index contributed by atoms with van der Waals surface area (Å²) in [6.45, 7) is 0. The zero-order valence-corrected chi connectivity index (χ0v) is 17.1. The summed E-state index contributed by atoms with van der Waals surface area (Å²) in [5.74, 6) is -1.09. The minimum atomic E-state index is -3.57. The zero-order chi connectivity index (χ0) is 19.8. The van der Waals surface area contributed by atoms with E-state index in [9.17, 15) is 18.0 Å². The second-order valence-corrected chi connectivity index (χ2v) is 10.0. The van der Waals surface area contributed by atoms with Gasteiger partial charge in [0.1, 0.15) is 5.00 Å². The lowest BCUT2D eigenvalue weighted by atomic mass is 10.1. The summed E-state index contributed by atoms with van der Waals surface area (Å²) in [5, 5.41) is 3.19. The van der Waals surface area contributed by atoms with E-state index in [2.05, 4.69) is 5.32 Å². The third-order valence-electron chi connectivity index (χ3n) is 4.49. The molecule has 1 aliphatic rings. The van der Waals surface area contributed by atoms with Crippen molar-refractivity contribution in [3.63, 3.8) is 0 Å². The number of carbonyl (C=O) groups is 2. The van der Waals surface area contributed by atoms with Gasteiger partial charge in [-0.05, 0) is 49.4 Å². The molecular formula is C18H19ClN2O4S2. The van der Waals surface area contributed by atoms with Gasteiger partial charge < -0.3 is 11.1 Å². The Morgan fingerprint density at radius 1 is 1.19 bits per heavy atom. The van der Waals surface area contributed by atoms with E-state index in [1.807, 2.05) is 0 Å². The molecule has 0 saturated heterocycles. The van der Waals surface area contributed by atoms with Gasteiger partial charge in [-0.1, -0.05) is 18.0 Å². The standard InChI is InChI=1S/C18H19ClN2O4S2/c1-27(24,25)14-9-10(7-8-12(14)19)17(23)21-18-15(16(20)22)11-5-3-2-4-6-13(11)26-18/h7-9H,2-6H2,1H3,(H2,20,22)(H,21,23). The number of hydrogen-bond donors (Lipinski definition) is 2. The average molecular weight is 427 g/mol. The maximum atomic E-state index is 12.7. The molecule has 0 fully saturated rings. The fourth-order valence-corrected chi connectivity index (χ4v) is 5.79. The van der Waals surface area contributed by atoms with Crippen LogP contribution in [-0.4, -0.2) is 26.5 Å². The first kappa shape index (κ1) is 19.9. The first-order valence-electron chi connectivity index (χ1n) is 8.44. The fraction of sp³-hybridized carbons (Fsp3) is 0.333. The van der Waals surface area contributed by atoms with E-state index < -0.39 is 21.7 Å². The van der Waals surface area contributed by atoms with Crippen LogP contribution in [0.2, 0.25) is 5.02 Å². The topological polar surface area (TPSA) is 106 Å². The van der Waals surface area contributed by atoms with Gasteiger partial charge in [-0.25, -0.2) is 8.42 Å². The maximum Gasteiger partial charge on any atom is 0.256 e. The van der Waals surface area contributed by atoms with Gasteiger partial charge in [-0.15, -0.1) is 11.3 Å². The summed E-state index contributed by atoms with van der Waals surface area (Å²) < 4.78 is 23.6. The number of hydrogen-bond acceptors (Lipinski definition) is 5. The highest BCUT2D eigenvalue weighted by Gasteiger charge is 2.25. The van der Waals surface area contributed by atoms with E-state index in [4.69, 9.17) is 17.3 Å². The van der Waals surface area contributed by atoms with Crippen LogP contribution in [0.3, 0.4) is 0 Å². The SMILES string of the molecule is CS(=O)(=O)c1cc(C(=O)Nc2sc3c(c2C(N)=O)CCCCC3)ccc1Cl. The fourth-order valence-electron chi connectivity index (χ4n) is 3.20. The van der Waals surface area contributed by atoms with Crippen molar-refractivity contribution < 1.29 is 18.0 Å². The Morgan fingerprint density at radius 2 is 1.89 bits per heavy atom. The number of benzene rings is 1. The number of halogens is 1. The molecule has 3 rings (SSSR count). The molecule has 0 aliphatic heterocycles. The highest BCUT2D eigenvalue weighted by Crippen LogP contribution is 2.37. The number of amides is 2. The molecule has 1 heterocycles. The van der Waals surface area contributed by atoms with Gasteiger partial charge in [-0.2, -0.15) is 0 Å². The summed E-state index contributed by atoms with van der Waals surface area (Å²) in [6, 6.07) is 4.04. The number of nitrogens with one attached hydrogen (secondary N) is 1. The molecule has 9 heteroatoms. The van der Waals surface area contributed by atoms with Crippen LogP contribution in [0.25, 0.3) is 0 Å². The minimum Gasteiger partial charge on any atom is -0.365 e. The van der Waals surface area contributed by atoms with Crippen LogP contribution >= 0.6 is 22.9 Å². The predicted molar refractivity (Wildman–Crippen MR) is 107 cm³/mol. The number of primary amides is 1. The largest absolute Gasteiger partial charge is 0.365 e. The normalized spacial score (nSPS) is 14.3. The van der Waals surface area contributed by atoms with Gasteiger partial charge in [0.15, 0.2) is 9.84 Å². The Hall–Kier alpha value is -1.90. The Balaban J connectivity index is 1.96. The van der Waals surface area contributed by atoms with Crippen molar-refractivity contribution in [3.05, 3.63) is 44.8 Å². The van der Waals surface area contributed by atoms with Crippen molar-refractivity contribution in [2.45, 2.75) is 37.0 Å². The van der Waals surface area contributed by atoms with Crippen LogP contribution in [0.1, 0.15) is 50.4 Å². The monoisotopic (exact) mass is 426 g/mol. The lowest BCUT2D eigenvalue weighted by molar-refractivity contribution is 0.100. The molecule has 0 radical (unpaired) electrons. The Bertz CT molecular complexity index is 1030. The number of anilines is 1. The lowest BCUT2D eigenvalue weighted by Crippen LogP contribution is -2.18. The summed E-state index contributed by atoms with van der Waals surface area (Å²) in [5.41, 5.74) is 6.99. The van der Waals surface area contributed by atoms with Gasteiger partial charge in [0.2, 0.25) is 0 Å². The molecule has 27 heavy (non-hydrogen) atoms. The first-order valence-corrected chi connectivity index (χ1v) is 11.5. The number of aryl methyl sites for hydroxylation is 1. The van der Waals surface area contributed by atoms with E-state index in [0.29, 0.717) is 10.6 Å². The van der Waals surface area contributed by atoms with Crippen LogP contribution in [-0.2, 0) is 22.7 Å². The molecule has 2 aromatic rings. The quantitative estimate of drug-likeness (QED) is 0.730. The summed E-state index contributed by atoms with van der Waals surface area (Å²) in [7, 11) is -3.57. The van der Waals surface area contributed by atoms with Gasteiger partial charge in [0.05, 0.1) is 15.5 Å². The summed E-state index contributed by atoms with van der Waals surface area (Å²) in [4.78, 5) is 25.6. The van der Waals surface area contributed by atoms with Crippen LogP contribution in [0, 0.1) is 0 Å². The number of sulfone groups is 1. The van der Waals surface area contributed by atoms with Crippen molar-refractivity contribution in [2.75, 3.05) is 11.6 Å². The second kappa shape index (κ2) is 7.61. The van der Waals surface area contributed by atoms with Crippen molar-refractivity contribution in [3.8, 4) is 0 Å². The molecule has 6 nitrogen and oxygen atoms in total. The Kier molecular flexibility index (Phi) is 5.60. The van der Waals surface area contributed by atoms with E-state index >= 15 is 0 Å². The Morgan fingerprint density at radius 3 is 2.56 bits per heavy atom. The molecule has 1 aromatic heterocycles. The van der Waals surface area contributed by atoms with E-state index in [1.165, 1.54) is 29.5 Å². The summed E-state index contributed by atoms with van der Waals surface area (Å²) >= 11 is 7.29. The van der Waals surface area contributed by atoms with Gasteiger partial charge in [0, 0.05) is 16.7 Å². The van der Waals surface area contributed by atoms with E-state index in [1.54, 1.807) is 0 Å². The van der Waals surface area contributed by atoms with Crippen molar-refractivity contribution >= 4 is 49.6 Å². The van der Waals surface area contributed by atoms with Crippen molar-refractivity contribution in [1.82, 2.24) is 0 Å². The number of thiophene rings is 1. The van der Waals surface area contributed by atoms with Crippen molar-refractivity contribution in [1.29, 1.82) is 0 Å². The molecule has 144 valence electrons. The van der Waals surface area contributed by atoms with Gasteiger partial charge >= 0.3 is 0 Å². The molecule has 1 aromatic carbocycles. The highest BCUT2D eigenvalue weighted by atomic mass is 35.5. The number of fused-ring (bicyclic) bond motifs is 1. The lowest BCUT2D eigenvalue weighted by Gasteiger charge is -2.08. The molecule has 0 saturated carbocycles. The molecule has 3 N–H and O–H groups in total. The molecule has 0 unspecified atom stereocenters. The van der Waals surface area contributed by atoms with Crippen LogP contribution in [0.15, 0.2) is 23.1 Å². The molecule has 1 aliphatic carbocycles. The van der Waals surface area contributed by atoms with Gasteiger partial charge in [-0.3, -0.25) is 9.59 Å². The number of carbonyl (C=O) groups excluding carboxylic acids is 2. The predicted octanol–water partition coefficient (Wildman–Crippen LogP) is 3.43. The zero-order valence-electron chi connectivity index (χ0n) is 14.7. The van der Waals surface area contributed by atoms with E-state index in [-0.39, 0.29) is 15.5 Å². The number of nitrogens with two attached hydrogens (primary N) is 1. The smallest absolute Gasteiger partial charge is 0.256 e. The third-order valence-corrected chi connectivity index (χ3v) is 7.27. The molecule has 0 spiro atoms. The third kappa shape index (κ3) is 4.17. The maximum absolute atomic E-state index is 12.7. The van der Waals surface area contributed by atoms with Crippen LogP contribution < -0.4 is 11.1 Å².